The fourth-order valence-corrected chi connectivity index (χ4v) is 3.08. The van der Waals surface area contributed by atoms with Crippen LogP contribution in [-0.4, -0.2) is 22.1 Å². The quantitative estimate of drug-likeness (QED) is 0.877. The molecule has 0 heterocycles. The smallest absolute Gasteiger partial charge is 0.133 e. The topological polar surface area (TPSA) is 57.5 Å². The summed E-state index contributed by atoms with van der Waals surface area (Å²) in [5, 5.41) is 19.1. The summed E-state index contributed by atoms with van der Waals surface area (Å²) < 4.78 is 0. The van der Waals surface area contributed by atoms with Crippen LogP contribution in [0, 0.1) is 0 Å². The van der Waals surface area contributed by atoms with Crippen LogP contribution in [0.3, 0.4) is 0 Å². The zero-order valence-corrected chi connectivity index (χ0v) is 12.5. The van der Waals surface area contributed by atoms with Crippen LogP contribution in [0.25, 0.3) is 5.57 Å². The number of aliphatic hydroxyl groups excluding tert-OH is 1. The largest absolute Gasteiger partial charge is 0.508 e. The first-order valence-electron chi connectivity index (χ1n) is 7.73. The van der Waals surface area contributed by atoms with Crippen LogP contribution in [0.15, 0.2) is 53.6 Å². The number of aromatic hydroxyl groups is 1. The fourth-order valence-electron chi connectivity index (χ4n) is 3.08. The maximum atomic E-state index is 11.5. The highest BCUT2D eigenvalue weighted by atomic mass is 16.3. The van der Waals surface area contributed by atoms with E-state index >= 15 is 0 Å². The molecule has 2 aliphatic rings. The minimum atomic E-state index is -0.414. The second-order valence-electron chi connectivity index (χ2n) is 5.89. The minimum absolute atomic E-state index is 0.246. The van der Waals surface area contributed by atoms with Gasteiger partial charge in [-0.15, -0.1) is 0 Å². The summed E-state index contributed by atoms with van der Waals surface area (Å²) in [6.45, 7) is 0. The standard InChI is InChI=1S/C19H20O3/c20-16-7-1-13(2-8-16)19(14-3-9-17(21)10-4-14)15-5-11-18(22)12-6-15/h1-4,7-9,17,20-21H,5-6,10-12H2. The van der Waals surface area contributed by atoms with E-state index in [9.17, 15) is 15.0 Å². The van der Waals surface area contributed by atoms with E-state index in [1.165, 1.54) is 5.57 Å². The molecule has 1 unspecified atom stereocenters. The Hall–Kier alpha value is -2.13. The Bertz CT molecular complexity index is 650. The number of aliphatic hydroxyl groups is 1. The van der Waals surface area contributed by atoms with E-state index in [1.54, 1.807) is 12.1 Å². The summed E-state index contributed by atoms with van der Waals surface area (Å²) in [5.41, 5.74) is 4.59. The number of ketones is 1. The molecular weight excluding hydrogens is 276 g/mol. The summed E-state index contributed by atoms with van der Waals surface area (Å²) in [5.74, 6) is 0.577. The lowest BCUT2D eigenvalue weighted by Gasteiger charge is -2.22. The third kappa shape index (κ3) is 3.20. The van der Waals surface area contributed by atoms with Crippen LogP contribution in [0.2, 0.25) is 0 Å². The van der Waals surface area contributed by atoms with E-state index in [0.717, 1.165) is 29.6 Å². The third-order valence-electron chi connectivity index (χ3n) is 4.29. The summed E-state index contributed by atoms with van der Waals surface area (Å²) >= 11 is 0. The van der Waals surface area contributed by atoms with Gasteiger partial charge in [0.15, 0.2) is 0 Å². The Labute approximate surface area is 130 Å². The van der Waals surface area contributed by atoms with Gasteiger partial charge in [0.1, 0.15) is 11.5 Å². The number of rotatable bonds is 2. The van der Waals surface area contributed by atoms with Gasteiger partial charge in [0.2, 0.25) is 0 Å². The van der Waals surface area contributed by atoms with Gasteiger partial charge in [-0.2, -0.15) is 0 Å². The lowest BCUT2D eigenvalue weighted by molar-refractivity contribution is -0.119. The zero-order chi connectivity index (χ0) is 15.5. The molecule has 1 aromatic rings. The summed E-state index contributed by atoms with van der Waals surface area (Å²) in [6, 6.07) is 7.19. The molecule has 1 aromatic carbocycles. The van der Waals surface area contributed by atoms with Crippen molar-refractivity contribution in [3.05, 3.63) is 59.2 Å². The first-order chi connectivity index (χ1) is 10.6. The number of hydrogen-bond acceptors (Lipinski definition) is 3. The van der Waals surface area contributed by atoms with Gasteiger partial charge in [-0.3, -0.25) is 4.79 Å². The number of carbonyl (C=O) groups excluding carboxylic acids is 1. The highest BCUT2D eigenvalue weighted by Gasteiger charge is 2.20. The summed E-state index contributed by atoms with van der Waals surface area (Å²) in [7, 11) is 0. The van der Waals surface area contributed by atoms with Gasteiger partial charge >= 0.3 is 0 Å². The van der Waals surface area contributed by atoms with E-state index < -0.39 is 6.10 Å². The molecule has 0 radical (unpaired) electrons. The molecule has 0 spiro atoms. The molecule has 3 nitrogen and oxygen atoms in total. The third-order valence-corrected chi connectivity index (χ3v) is 4.29. The van der Waals surface area contributed by atoms with Gasteiger partial charge in [-0.25, -0.2) is 0 Å². The lowest BCUT2D eigenvalue weighted by Crippen LogP contribution is -2.10. The number of Topliss-reactive ketones (excluding diaryl/α,β-unsaturated/α-hetero) is 1. The molecule has 3 heteroatoms. The average Bonchev–Trinajstić information content (AvgIpc) is 2.53. The molecular formula is C19H20O3. The number of phenolic OH excluding ortho intramolecular Hbond substituents is 1. The van der Waals surface area contributed by atoms with Crippen molar-refractivity contribution in [3.63, 3.8) is 0 Å². The Morgan fingerprint density at radius 3 is 2.32 bits per heavy atom. The maximum absolute atomic E-state index is 11.5. The second-order valence-corrected chi connectivity index (χ2v) is 5.89. The van der Waals surface area contributed by atoms with Crippen LogP contribution >= 0.6 is 0 Å². The van der Waals surface area contributed by atoms with Crippen LogP contribution in [0.4, 0.5) is 0 Å². The van der Waals surface area contributed by atoms with Crippen LogP contribution < -0.4 is 0 Å². The Balaban J connectivity index is 2.03. The minimum Gasteiger partial charge on any atom is -0.508 e. The highest BCUT2D eigenvalue weighted by Crippen LogP contribution is 2.36. The molecule has 2 aliphatic carbocycles. The first kappa shape index (κ1) is 14.8. The fraction of sp³-hybridized carbons (Fsp3) is 0.316. The van der Waals surface area contributed by atoms with Crippen LogP contribution in [0.1, 0.15) is 37.7 Å². The van der Waals surface area contributed by atoms with E-state index in [1.807, 2.05) is 24.3 Å². The van der Waals surface area contributed by atoms with E-state index in [-0.39, 0.29) is 5.75 Å². The molecule has 1 saturated carbocycles. The monoisotopic (exact) mass is 296 g/mol. The van der Waals surface area contributed by atoms with Crippen molar-refractivity contribution < 1.29 is 15.0 Å². The van der Waals surface area contributed by atoms with Gasteiger partial charge in [-0.05, 0) is 48.1 Å². The van der Waals surface area contributed by atoms with Gasteiger partial charge in [0, 0.05) is 12.8 Å². The number of hydrogen-bond donors (Lipinski definition) is 2. The molecule has 0 aromatic heterocycles. The number of phenols is 1. The van der Waals surface area contributed by atoms with Gasteiger partial charge in [0.05, 0.1) is 6.10 Å². The van der Waals surface area contributed by atoms with Crippen LogP contribution in [0.5, 0.6) is 5.75 Å². The molecule has 114 valence electrons. The number of allylic oxidation sites excluding steroid dienone is 4. The summed E-state index contributed by atoms with van der Waals surface area (Å²) in [4.78, 5) is 11.5. The van der Waals surface area contributed by atoms with Gasteiger partial charge in [0.25, 0.3) is 0 Å². The normalized spacial score (nSPS) is 21.7. The first-order valence-corrected chi connectivity index (χ1v) is 7.73. The SMILES string of the molecule is O=C1CCC(=C(C2=CCC(O)C=C2)c2ccc(O)cc2)CC1. The Morgan fingerprint density at radius 1 is 1.05 bits per heavy atom. The van der Waals surface area contributed by atoms with E-state index in [2.05, 4.69) is 6.08 Å². The Morgan fingerprint density at radius 2 is 1.73 bits per heavy atom. The molecule has 2 N–H and O–H groups in total. The van der Waals surface area contributed by atoms with Crippen molar-refractivity contribution in [2.45, 2.75) is 38.2 Å². The highest BCUT2D eigenvalue weighted by molar-refractivity contribution is 5.87. The molecule has 1 fully saturated rings. The van der Waals surface area contributed by atoms with E-state index in [4.69, 9.17) is 0 Å². The summed E-state index contributed by atoms with van der Waals surface area (Å²) in [6.07, 6.45) is 8.82. The molecule has 0 amide bonds. The number of benzene rings is 1. The second kappa shape index (κ2) is 6.32. The molecule has 3 rings (SSSR count). The molecule has 0 saturated heterocycles. The molecule has 1 atom stereocenters. The number of carbonyl (C=O) groups is 1. The van der Waals surface area contributed by atoms with Gasteiger partial charge < -0.3 is 10.2 Å². The predicted octanol–water partition coefficient (Wildman–Crippen LogP) is 3.54. The van der Waals surface area contributed by atoms with Crippen LogP contribution in [-0.2, 0) is 4.79 Å². The zero-order valence-electron chi connectivity index (χ0n) is 12.5. The van der Waals surface area contributed by atoms with Crippen molar-refractivity contribution in [3.8, 4) is 5.75 Å². The van der Waals surface area contributed by atoms with Crippen molar-refractivity contribution in [1.29, 1.82) is 0 Å². The predicted molar refractivity (Wildman–Crippen MR) is 86.3 cm³/mol. The van der Waals surface area contributed by atoms with Gasteiger partial charge in [-0.1, -0.05) is 35.9 Å². The van der Waals surface area contributed by atoms with Crippen molar-refractivity contribution in [2.24, 2.45) is 0 Å². The Kier molecular flexibility index (Phi) is 4.25. The van der Waals surface area contributed by atoms with Crippen molar-refractivity contribution in [1.82, 2.24) is 0 Å². The maximum Gasteiger partial charge on any atom is 0.133 e. The van der Waals surface area contributed by atoms with Crippen molar-refractivity contribution >= 4 is 11.4 Å². The molecule has 0 bridgehead atoms. The van der Waals surface area contributed by atoms with E-state index in [0.29, 0.717) is 25.0 Å². The molecule has 0 aliphatic heterocycles. The average molecular weight is 296 g/mol. The lowest BCUT2D eigenvalue weighted by atomic mass is 9.83. The van der Waals surface area contributed by atoms with Crippen molar-refractivity contribution in [2.75, 3.05) is 0 Å². The molecule has 22 heavy (non-hydrogen) atoms.